The quantitative estimate of drug-likeness (QED) is 0.311. The lowest BCUT2D eigenvalue weighted by molar-refractivity contribution is -0.385. The zero-order valence-corrected chi connectivity index (χ0v) is 11.2. The number of nitro groups is 1. The van der Waals surface area contributed by atoms with Gasteiger partial charge in [-0.25, -0.2) is 4.98 Å². The second-order valence-corrected chi connectivity index (χ2v) is 4.39. The molecule has 1 aromatic rings. The van der Waals surface area contributed by atoms with Gasteiger partial charge in [-0.05, 0) is 6.42 Å². The molecule has 5 nitrogen and oxygen atoms in total. The van der Waals surface area contributed by atoms with E-state index < -0.39 is 4.92 Å². The average molecular weight is 273 g/mol. The van der Waals surface area contributed by atoms with E-state index in [9.17, 15) is 10.1 Å². The fourth-order valence-electron chi connectivity index (χ4n) is 1.52. The third kappa shape index (κ3) is 5.31. The lowest BCUT2D eigenvalue weighted by Gasteiger charge is -2.05. The van der Waals surface area contributed by atoms with Crippen LogP contribution in [0.5, 0.6) is 5.88 Å². The second kappa shape index (κ2) is 7.87. The molecule has 100 valence electrons. The summed E-state index contributed by atoms with van der Waals surface area (Å²) >= 11 is 5.68. The highest BCUT2D eigenvalue weighted by Gasteiger charge is 2.10. The molecule has 0 atom stereocenters. The van der Waals surface area contributed by atoms with Crippen LogP contribution >= 0.6 is 11.6 Å². The maximum absolute atomic E-state index is 10.6. The maximum Gasteiger partial charge on any atom is 0.277 e. The van der Waals surface area contributed by atoms with E-state index in [1.807, 2.05) is 0 Å². The van der Waals surface area contributed by atoms with Gasteiger partial charge in [0.15, 0.2) is 0 Å². The molecule has 0 fully saturated rings. The molecule has 1 rings (SSSR count). The zero-order chi connectivity index (χ0) is 13.4. The summed E-state index contributed by atoms with van der Waals surface area (Å²) in [5, 5.41) is 10.7. The molecule has 0 aliphatic carbocycles. The number of halogens is 1. The Bertz CT molecular complexity index is 399. The molecule has 0 radical (unpaired) electrons. The first kappa shape index (κ1) is 14.7. The molecule has 18 heavy (non-hydrogen) atoms. The molecule has 1 heterocycles. The van der Waals surface area contributed by atoms with Crippen molar-refractivity contribution in [3.05, 3.63) is 27.4 Å². The van der Waals surface area contributed by atoms with Gasteiger partial charge in [0, 0.05) is 0 Å². The number of unbranched alkanes of at least 4 members (excludes halogenated alkanes) is 4. The summed E-state index contributed by atoms with van der Waals surface area (Å²) in [6.07, 6.45) is 5.62. The zero-order valence-electron chi connectivity index (χ0n) is 10.4. The van der Waals surface area contributed by atoms with Gasteiger partial charge in [-0.3, -0.25) is 10.1 Å². The van der Waals surface area contributed by atoms with Gasteiger partial charge in [0.25, 0.3) is 5.69 Å². The fourth-order valence-corrected chi connectivity index (χ4v) is 1.72. The van der Waals surface area contributed by atoms with Gasteiger partial charge >= 0.3 is 0 Å². The maximum atomic E-state index is 10.6. The van der Waals surface area contributed by atoms with Crippen LogP contribution < -0.4 is 4.74 Å². The SMILES string of the molecule is CCCCCCCOc1cc([N+](=O)[O-])cc(Cl)n1. The monoisotopic (exact) mass is 272 g/mol. The second-order valence-electron chi connectivity index (χ2n) is 4.01. The van der Waals surface area contributed by atoms with Crippen LogP contribution in [-0.2, 0) is 0 Å². The van der Waals surface area contributed by atoms with Crippen molar-refractivity contribution in [3.63, 3.8) is 0 Å². The summed E-state index contributed by atoms with van der Waals surface area (Å²) in [5.74, 6) is 0.213. The van der Waals surface area contributed by atoms with Crippen LogP contribution in [-0.4, -0.2) is 16.5 Å². The Morgan fingerprint density at radius 1 is 1.33 bits per heavy atom. The van der Waals surface area contributed by atoms with Crippen LogP contribution in [0.2, 0.25) is 5.15 Å². The van der Waals surface area contributed by atoms with Crippen LogP contribution in [0.3, 0.4) is 0 Å². The van der Waals surface area contributed by atoms with Crippen LogP contribution in [0.4, 0.5) is 5.69 Å². The molecule has 0 amide bonds. The molecule has 0 aromatic carbocycles. The Balaban J connectivity index is 2.40. The molecule has 0 N–H and O–H groups in total. The van der Waals surface area contributed by atoms with Crippen LogP contribution in [0.1, 0.15) is 39.0 Å². The van der Waals surface area contributed by atoms with E-state index in [0.717, 1.165) is 12.8 Å². The Labute approximate surface area is 111 Å². The van der Waals surface area contributed by atoms with Crippen molar-refractivity contribution in [2.75, 3.05) is 6.61 Å². The molecule has 0 spiro atoms. The number of hydrogen-bond donors (Lipinski definition) is 0. The first-order chi connectivity index (χ1) is 8.63. The number of nitrogens with zero attached hydrogens (tertiary/aromatic N) is 2. The van der Waals surface area contributed by atoms with E-state index >= 15 is 0 Å². The summed E-state index contributed by atoms with van der Waals surface area (Å²) in [7, 11) is 0. The minimum absolute atomic E-state index is 0.0742. The topological polar surface area (TPSA) is 65.3 Å². The normalized spacial score (nSPS) is 10.3. The van der Waals surface area contributed by atoms with Crippen LogP contribution in [0, 0.1) is 10.1 Å². The molecular formula is C12H17ClN2O3. The van der Waals surface area contributed by atoms with E-state index in [-0.39, 0.29) is 16.7 Å². The van der Waals surface area contributed by atoms with Gasteiger partial charge in [-0.1, -0.05) is 44.2 Å². The van der Waals surface area contributed by atoms with Crippen molar-refractivity contribution in [3.8, 4) is 5.88 Å². The smallest absolute Gasteiger partial charge is 0.277 e. The minimum Gasteiger partial charge on any atom is -0.477 e. The number of aromatic nitrogens is 1. The van der Waals surface area contributed by atoms with Crippen molar-refractivity contribution in [2.24, 2.45) is 0 Å². The summed E-state index contributed by atoms with van der Waals surface area (Å²) < 4.78 is 5.36. The number of rotatable bonds is 8. The molecule has 0 unspecified atom stereocenters. The molecule has 0 saturated heterocycles. The van der Waals surface area contributed by atoms with Gasteiger partial charge in [0.2, 0.25) is 5.88 Å². The third-order valence-corrected chi connectivity index (χ3v) is 2.66. The largest absolute Gasteiger partial charge is 0.477 e. The van der Waals surface area contributed by atoms with Crippen molar-refractivity contribution in [1.82, 2.24) is 4.98 Å². The van der Waals surface area contributed by atoms with Gasteiger partial charge in [0.1, 0.15) is 5.15 Å². The van der Waals surface area contributed by atoms with E-state index in [0.29, 0.717) is 6.61 Å². The first-order valence-electron chi connectivity index (χ1n) is 6.08. The number of pyridine rings is 1. The minimum atomic E-state index is -0.512. The van der Waals surface area contributed by atoms with Crippen molar-refractivity contribution < 1.29 is 9.66 Å². The summed E-state index contributed by atoms with van der Waals surface area (Å²) in [6.45, 7) is 2.67. The van der Waals surface area contributed by atoms with E-state index in [2.05, 4.69) is 11.9 Å². The van der Waals surface area contributed by atoms with E-state index in [4.69, 9.17) is 16.3 Å². The average Bonchev–Trinajstić information content (AvgIpc) is 2.33. The Hall–Kier alpha value is -1.36. The molecule has 1 aromatic heterocycles. The van der Waals surface area contributed by atoms with Crippen LogP contribution in [0.15, 0.2) is 12.1 Å². The molecular weight excluding hydrogens is 256 g/mol. The molecule has 6 heteroatoms. The molecule has 0 aliphatic heterocycles. The van der Waals surface area contributed by atoms with Gasteiger partial charge < -0.3 is 4.74 Å². The lowest BCUT2D eigenvalue weighted by Crippen LogP contribution is -2.00. The van der Waals surface area contributed by atoms with E-state index in [1.54, 1.807) is 0 Å². The van der Waals surface area contributed by atoms with Crippen molar-refractivity contribution in [2.45, 2.75) is 39.0 Å². The third-order valence-electron chi connectivity index (χ3n) is 2.46. The molecule has 0 saturated carbocycles. The van der Waals surface area contributed by atoms with Gasteiger partial charge in [-0.2, -0.15) is 0 Å². The fraction of sp³-hybridized carbons (Fsp3) is 0.583. The predicted octanol–water partition coefficient (Wildman–Crippen LogP) is 3.99. The van der Waals surface area contributed by atoms with Gasteiger partial charge in [-0.15, -0.1) is 0 Å². The first-order valence-corrected chi connectivity index (χ1v) is 6.46. The lowest BCUT2D eigenvalue weighted by atomic mass is 10.2. The highest BCUT2D eigenvalue weighted by molar-refractivity contribution is 6.29. The van der Waals surface area contributed by atoms with Crippen molar-refractivity contribution in [1.29, 1.82) is 0 Å². The Kier molecular flexibility index (Phi) is 6.43. The predicted molar refractivity (Wildman–Crippen MR) is 70.2 cm³/mol. The van der Waals surface area contributed by atoms with Crippen LogP contribution in [0.25, 0.3) is 0 Å². The highest BCUT2D eigenvalue weighted by Crippen LogP contribution is 2.22. The highest BCUT2D eigenvalue weighted by atomic mass is 35.5. The number of ether oxygens (including phenoxy) is 1. The standard InChI is InChI=1S/C12H17ClN2O3/c1-2-3-4-5-6-7-18-12-9-10(15(16)17)8-11(13)14-12/h8-9H,2-7H2,1H3. The number of hydrogen-bond acceptors (Lipinski definition) is 4. The van der Waals surface area contributed by atoms with E-state index in [1.165, 1.54) is 31.4 Å². The Morgan fingerprint density at radius 2 is 2.06 bits per heavy atom. The molecule has 0 aliphatic rings. The van der Waals surface area contributed by atoms with Gasteiger partial charge in [0.05, 0.1) is 23.7 Å². The summed E-state index contributed by atoms with van der Waals surface area (Å²) in [6, 6.07) is 2.49. The van der Waals surface area contributed by atoms with Crippen molar-refractivity contribution >= 4 is 17.3 Å². The summed E-state index contributed by atoms with van der Waals surface area (Å²) in [4.78, 5) is 14.0. The molecule has 0 bridgehead atoms. The summed E-state index contributed by atoms with van der Waals surface area (Å²) in [5.41, 5.74) is -0.101. The Morgan fingerprint density at radius 3 is 2.72 bits per heavy atom.